The van der Waals surface area contributed by atoms with Crippen molar-refractivity contribution in [2.45, 2.75) is 6.42 Å². The highest BCUT2D eigenvalue weighted by Gasteiger charge is 2.09. The van der Waals surface area contributed by atoms with Gasteiger partial charge in [0.05, 0.1) is 26.9 Å². The first-order valence-electron chi connectivity index (χ1n) is 8.19. The smallest absolute Gasteiger partial charge is 0.233 e. The van der Waals surface area contributed by atoms with Crippen LogP contribution in [-0.2, 0) is 16.0 Å². The molecule has 1 aliphatic rings. The molecule has 0 spiro atoms. The lowest BCUT2D eigenvalue weighted by Crippen LogP contribution is -2.42. The Kier molecular flexibility index (Phi) is 7.86. The Labute approximate surface area is 138 Å². The molecule has 23 heavy (non-hydrogen) atoms. The van der Waals surface area contributed by atoms with Crippen LogP contribution in [-0.4, -0.2) is 70.4 Å². The molecule has 0 bridgehead atoms. The lowest BCUT2D eigenvalue weighted by atomic mass is 10.1. The molecule has 1 amide bonds. The van der Waals surface area contributed by atoms with Crippen molar-refractivity contribution < 1.29 is 14.3 Å². The molecule has 0 aromatic heterocycles. The molecule has 1 fully saturated rings. The molecular weight excluding hydrogens is 294 g/mol. The number of carbonyl (C=O) groups is 1. The Bertz CT molecular complexity index is 476. The van der Waals surface area contributed by atoms with Crippen LogP contribution in [0, 0.1) is 0 Å². The van der Waals surface area contributed by atoms with Crippen LogP contribution < -0.4 is 15.4 Å². The molecule has 0 aliphatic carbocycles. The minimum Gasteiger partial charge on any atom is -0.496 e. The third-order valence-electron chi connectivity index (χ3n) is 3.90. The molecule has 1 aromatic rings. The van der Waals surface area contributed by atoms with E-state index in [9.17, 15) is 4.79 Å². The number of nitrogens with zero attached hydrogens (tertiary/aromatic N) is 1. The van der Waals surface area contributed by atoms with E-state index in [0.717, 1.165) is 57.1 Å². The van der Waals surface area contributed by atoms with Crippen LogP contribution >= 0.6 is 0 Å². The maximum absolute atomic E-state index is 11.8. The van der Waals surface area contributed by atoms with Crippen molar-refractivity contribution in [2.75, 3.05) is 59.6 Å². The van der Waals surface area contributed by atoms with E-state index in [1.165, 1.54) is 0 Å². The normalized spacial score (nSPS) is 15.3. The summed E-state index contributed by atoms with van der Waals surface area (Å²) in [6.45, 7) is 6.32. The van der Waals surface area contributed by atoms with Gasteiger partial charge in [0.2, 0.25) is 5.91 Å². The van der Waals surface area contributed by atoms with Crippen LogP contribution in [0.5, 0.6) is 5.75 Å². The summed E-state index contributed by atoms with van der Waals surface area (Å²) in [7, 11) is 1.66. The number of nitrogens with one attached hydrogen (secondary N) is 2. The largest absolute Gasteiger partial charge is 0.496 e. The van der Waals surface area contributed by atoms with Crippen molar-refractivity contribution in [1.82, 2.24) is 15.5 Å². The highest BCUT2D eigenvalue weighted by atomic mass is 16.5. The Morgan fingerprint density at radius 1 is 1.26 bits per heavy atom. The van der Waals surface area contributed by atoms with E-state index < -0.39 is 0 Å². The quantitative estimate of drug-likeness (QED) is 0.640. The molecular formula is C17H27N3O3. The SMILES string of the molecule is COc1ccccc1CCNC(=O)CNCCN1CCOCC1. The van der Waals surface area contributed by atoms with Crippen molar-refractivity contribution in [3.05, 3.63) is 29.8 Å². The summed E-state index contributed by atoms with van der Waals surface area (Å²) in [5.74, 6) is 0.896. The lowest BCUT2D eigenvalue weighted by molar-refractivity contribution is -0.120. The standard InChI is InChI=1S/C17H27N3O3/c1-22-16-5-3-2-4-15(16)6-7-19-17(21)14-18-8-9-20-10-12-23-13-11-20/h2-5,18H,6-14H2,1H3,(H,19,21). The van der Waals surface area contributed by atoms with Crippen molar-refractivity contribution in [3.8, 4) is 5.75 Å². The number of carbonyl (C=O) groups excluding carboxylic acids is 1. The van der Waals surface area contributed by atoms with Gasteiger partial charge in [-0.1, -0.05) is 18.2 Å². The molecule has 0 atom stereocenters. The van der Waals surface area contributed by atoms with Gasteiger partial charge in [-0.25, -0.2) is 0 Å². The van der Waals surface area contributed by atoms with Gasteiger partial charge in [-0.3, -0.25) is 9.69 Å². The van der Waals surface area contributed by atoms with Gasteiger partial charge in [0.1, 0.15) is 5.75 Å². The second kappa shape index (κ2) is 10.2. The molecule has 1 heterocycles. The zero-order valence-corrected chi connectivity index (χ0v) is 13.8. The molecule has 1 aromatic carbocycles. The fourth-order valence-electron chi connectivity index (χ4n) is 2.57. The predicted molar refractivity (Wildman–Crippen MR) is 89.8 cm³/mol. The molecule has 0 unspecified atom stereocenters. The Hall–Kier alpha value is -1.63. The second-order valence-corrected chi connectivity index (χ2v) is 5.54. The number of methoxy groups -OCH3 is 1. The second-order valence-electron chi connectivity index (χ2n) is 5.54. The minimum absolute atomic E-state index is 0.0295. The first-order valence-corrected chi connectivity index (χ1v) is 8.19. The highest BCUT2D eigenvalue weighted by molar-refractivity contribution is 5.77. The van der Waals surface area contributed by atoms with Gasteiger partial charge < -0.3 is 20.1 Å². The molecule has 2 N–H and O–H groups in total. The van der Waals surface area contributed by atoms with E-state index in [1.807, 2.05) is 24.3 Å². The monoisotopic (exact) mass is 321 g/mol. The minimum atomic E-state index is 0.0295. The first kappa shape index (κ1) is 17.7. The summed E-state index contributed by atoms with van der Waals surface area (Å²) in [4.78, 5) is 14.1. The summed E-state index contributed by atoms with van der Waals surface area (Å²) in [5.41, 5.74) is 1.11. The number of hydrogen-bond acceptors (Lipinski definition) is 5. The van der Waals surface area contributed by atoms with Gasteiger partial charge in [-0.2, -0.15) is 0 Å². The third-order valence-corrected chi connectivity index (χ3v) is 3.90. The van der Waals surface area contributed by atoms with Crippen LogP contribution in [0.25, 0.3) is 0 Å². The van der Waals surface area contributed by atoms with E-state index in [4.69, 9.17) is 9.47 Å². The van der Waals surface area contributed by atoms with Gasteiger partial charge in [0.15, 0.2) is 0 Å². The number of para-hydroxylation sites is 1. The van der Waals surface area contributed by atoms with Crippen LogP contribution in [0.1, 0.15) is 5.56 Å². The summed E-state index contributed by atoms with van der Waals surface area (Å²) in [6.07, 6.45) is 0.767. The summed E-state index contributed by atoms with van der Waals surface area (Å²) >= 11 is 0. The first-order chi connectivity index (χ1) is 11.3. The molecule has 6 nitrogen and oxygen atoms in total. The summed E-state index contributed by atoms with van der Waals surface area (Å²) in [6, 6.07) is 7.88. The molecule has 2 rings (SSSR count). The summed E-state index contributed by atoms with van der Waals surface area (Å²) < 4.78 is 10.6. The Balaban J connectivity index is 1.54. The van der Waals surface area contributed by atoms with E-state index in [2.05, 4.69) is 15.5 Å². The van der Waals surface area contributed by atoms with Gasteiger partial charge in [-0.05, 0) is 18.1 Å². The zero-order valence-electron chi connectivity index (χ0n) is 13.8. The fraction of sp³-hybridized carbons (Fsp3) is 0.588. The van der Waals surface area contributed by atoms with Gasteiger partial charge in [0.25, 0.3) is 0 Å². The zero-order chi connectivity index (χ0) is 16.3. The molecule has 6 heteroatoms. The Morgan fingerprint density at radius 3 is 2.83 bits per heavy atom. The van der Waals surface area contributed by atoms with E-state index >= 15 is 0 Å². The van der Waals surface area contributed by atoms with Gasteiger partial charge in [-0.15, -0.1) is 0 Å². The maximum Gasteiger partial charge on any atom is 0.233 e. The average Bonchev–Trinajstić information content (AvgIpc) is 2.60. The molecule has 0 radical (unpaired) electrons. The van der Waals surface area contributed by atoms with Crippen molar-refractivity contribution >= 4 is 5.91 Å². The maximum atomic E-state index is 11.8. The Morgan fingerprint density at radius 2 is 2.04 bits per heavy atom. The molecule has 1 saturated heterocycles. The van der Waals surface area contributed by atoms with E-state index in [-0.39, 0.29) is 5.91 Å². The van der Waals surface area contributed by atoms with Crippen LogP contribution in [0.3, 0.4) is 0 Å². The molecule has 0 saturated carbocycles. The number of rotatable bonds is 9. The lowest BCUT2D eigenvalue weighted by Gasteiger charge is -2.26. The average molecular weight is 321 g/mol. The number of benzene rings is 1. The van der Waals surface area contributed by atoms with Crippen LogP contribution in [0.15, 0.2) is 24.3 Å². The number of morpholine rings is 1. The van der Waals surface area contributed by atoms with Gasteiger partial charge in [0, 0.05) is 32.7 Å². The number of amides is 1. The third kappa shape index (κ3) is 6.56. The molecule has 128 valence electrons. The van der Waals surface area contributed by atoms with Crippen LogP contribution in [0.4, 0.5) is 0 Å². The predicted octanol–water partition coefficient (Wildman–Crippen LogP) is 0.276. The number of hydrogen-bond donors (Lipinski definition) is 2. The van der Waals surface area contributed by atoms with Gasteiger partial charge >= 0.3 is 0 Å². The topological polar surface area (TPSA) is 62.8 Å². The van der Waals surface area contributed by atoms with Crippen molar-refractivity contribution in [3.63, 3.8) is 0 Å². The van der Waals surface area contributed by atoms with E-state index in [0.29, 0.717) is 13.1 Å². The highest BCUT2D eigenvalue weighted by Crippen LogP contribution is 2.17. The fourth-order valence-corrected chi connectivity index (χ4v) is 2.57. The van der Waals surface area contributed by atoms with Crippen LogP contribution in [0.2, 0.25) is 0 Å². The molecule has 1 aliphatic heterocycles. The summed E-state index contributed by atoms with van der Waals surface area (Å²) in [5, 5.41) is 6.11. The number of ether oxygens (including phenoxy) is 2. The van der Waals surface area contributed by atoms with E-state index in [1.54, 1.807) is 7.11 Å². The van der Waals surface area contributed by atoms with Crippen molar-refractivity contribution in [1.29, 1.82) is 0 Å². The van der Waals surface area contributed by atoms with Crippen molar-refractivity contribution in [2.24, 2.45) is 0 Å².